The SMILES string of the molecule is CCCC(C)/C=C\C/C=C\COC(=O)OCC. The summed E-state index contributed by atoms with van der Waals surface area (Å²) in [5.41, 5.74) is 0. The lowest BCUT2D eigenvalue weighted by molar-refractivity contribution is 0.0673. The standard InChI is InChI=1S/C14H24O3/c1-4-10-13(3)11-8-6-7-9-12-17-14(15)16-5-2/h7-9,11,13H,4-6,10,12H2,1-3H3/b9-7-,11-8-. The van der Waals surface area contributed by atoms with E-state index in [-0.39, 0.29) is 6.61 Å². The minimum absolute atomic E-state index is 0.275. The minimum atomic E-state index is -0.607. The van der Waals surface area contributed by atoms with Crippen LogP contribution in [-0.2, 0) is 9.47 Å². The number of ether oxygens (including phenoxy) is 2. The summed E-state index contributed by atoms with van der Waals surface area (Å²) >= 11 is 0. The van der Waals surface area contributed by atoms with Gasteiger partial charge < -0.3 is 9.47 Å². The van der Waals surface area contributed by atoms with Gasteiger partial charge in [-0.05, 0) is 25.7 Å². The van der Waals surface area contributed by atoms with Crippen molar-refractivity contribution < 1.29 is 14.3 Å². The van der Waals surface area contributed by atoms with Gasteiger partial charge in [0.2, 0.25) is 0 Å². The van der Waals surface area contributed by atoms with E-state index in [1.54, 1.807) is 6.92 Å². The van der Waals surface area contributed by atoms with Gasteiger partial charge in [0.15, 0.2) is 0 Å². The molecule has 0 N–H and O–H groups in total. The Balaban J connectivity index is 3.51. The Morgan fingerprint density at radius 1 is 1.18 bits per heavy atom. The van der Waals surface area contributed by atoms with Gasteiger partial charge in [-0.2, -0.15) is 0 Å². The van der Waals surface area contributed by atoms with Gasteiger partial charge in [0.05, 0.1) is 6.61 Å². The topological polar surface area (TPSA) is 35.5 Å². The van der Waals surface area contributed by atoms with E-state index < -0.39 is 6.16 Å². The molecule has 0 saturated heterocycles. The van der Waals surface area contributed by atoms with Crippen molar-refractivity contribution in [2.24, 2.45) is 5.92 Å². The third-order valence-corrected chi connectivity index (χ3v) is 2.21. The molecule has 17 heavy (non-hydrogen) atoms. The van der Waals surface area contributed by atoms with Crippen LogP contribution in [0.3, 0.4) is 0 Å². The molecule has 98 valence electrons. The lowest BCUT2D eigenvalue weighted by atomic mass is 10.1. The fourth-order valence-electron chi connectivity index (χ4n) is 1.38. The van der Waals surface area contributed by atoms with E-state index in [0.717, 1.165) is 6.42 Å². The molecule has 0 saturated carbocycles. The third kappa shape index (κ3) is 11.0. The van der Waals surface area contributed by atoms with E-state index in [1.807, 2.05) is 12.2 Å². The first-order valence-electron chi connectivity index (χ1n) is 6.31. The van der Waals surface area contributed by atoms with Crippen molar-refractivity contribution in [2.75, 3.05) is 13.2 Å². The second kappa shape index (κ2) is 11.2. The molecule has 1 atom stereocenters. The van der Waals surface area contributed by atoms with E-state index in [9.17, 15) is 4.79 Å². The molecule has 0 fully saturated rings. The van der Waals surface area contributed by atoms with Gasteiger partial charge in [0.25, 0.3) is 0 Å². The Labute approximate surface area is 104 Å². The van der Waals surface area contributed by atoms with Crippen molar-refractivity contribution in [3.05, 3.63) is 24.3 Å². The van der Waals surface area contributed by atoms with Crippen LogP contribution in [-0.4, -0.2) is 19.4 Å². The number of carbonyl (C=O) groups is 1. The molecule has 0 aliphatic rings. The molecule has 3 heteroatoms. The summed E-state index contributed by atoms with van der Waals surface area (Å²) in [6.07, 6.45) is 10.9. The maximum Gasteiger partial charge on any atom is 0.508 e. The highest BCUT2D eigenvalue weighted by Gasteiger charge is 1.97. The van der Waals surface area contributed by atoms with Gasteiger partial charge >= 0.3 is 6.16 Å². The highest BCUT2D eigenvalue weighted by atomic mass is 16.7. The minimum Gasteiger partial charge on any atom is -0.435 e. The van der Waals surface area contributed by atoms with Gasteiger partial charge in [-0.1, -0.05) is 44.6 Å². The molecular formula is C14H24O3. The highest BCUT2D eigenvalue weighted by Crippen LogP contribution is 2.06. The molecule has 0 aromatic rings. The van der Waals surface area contributed by atoms with Gasteiger partial charge in [-0.15, -0.1) is 0 Å². The largest absolute Gasteiger partial charge is 0.508 e. The fourth-order valence-corrected chi connectivity index (χ4v) is 1.38. The van der Waals surface area contributed by atoms with Crippen LogP contribution < -0.4 is 0 Å². The van der Waals surface area contributed by atoms with Crippen LogP contribution in [0.15, 0.2) is 24.3 Å². The second-order valence-electron chi connectivity index (χ2n) is 3.90. The zero-order valence-corrected chi connectivity index (χ0v) is 11.1. The van der Waals surface area contributed by atoms with Gasteiger partial charge in [-0.3, -0.25) is 0 Å². The first-order chi connectivity index (χ1) is 8.20. The molecule has 0 rings (SSSR count). The summed E-state index contributed by atoms with van der Waals surface area (Å²) in [6, 6.07) is 0. The van der Waals surface area contributed by atoms with E-state index in [0.29, 0.717) is 12.5 Å². The molecule has 0 radical (unpaired) electrons. The van der Waals surface area contributed by atoms with Crippen LogP contribution in [0, 0.1) is 5.92 Å². The Bertz CT molecular complexity index is 244. The van der Waals surface area contributed by atoms with Gasteiger partial charge in [0, 0.05) is 0 Å². The smallest absolute Gasteiger partial charge is 0.435 e. The van der Waals surface area contributed by atoms with Crippen LogP contribution in [0.2, 0.25) is 0 Å². The number of carbonyl (C=O) groups excluding carboxylic acids is 1. The van der Waals surface area contributed by atoms with E-state index in [4.69, 9.17) is 4.74 Å². The average Bonchev–Trinajstić information content (AvgIpc) is 2.28. The van der Waals surface area contributed by atoms with Gasteiger partial charge in [0.1, 0.15) is 6.61 Å². The zero-order valence-electron chi connectivity index (χ0n) is 11.1. The van der Waals surface area contributed by atoms with Crippen molar-refractivity contribution in [1.82, 2.24) is 0 Å². The first kappa shape index (κ1) is 15.8. The highest BCUT2D eigenvalue weighted by molar-refractivity contribution is 5.59. The predicted molar refractivity (Wildman–Crippen MR) is 69.9 cm³/mol. The molecule has 0 aromatic heterocycles. The van der Waals surface area contributed by atoms with Crippen LogP contribution in [0.1, 0.15) is 40.0 Å². The summed E-state index contributed by atoms with van der Waals surface area (Å²) < 4.78 is 9.40. The Morgan fingerprint density at radius 2 is 1.94 bits per heavy atom. The van der Waals surface area contributed by atoms with Crippen molar-refractivity contribution >= 4 is 6.16 Å². The van der Waals surface area contributed by atoms with E-state index >= 15 is 0 Å². The Kier molecular flexibility index (Phi) is 10.4. The third-order valence-electron chi connectivity index (χ3n) is 2.21. The van der Waals surface area contributed by atoms with E-state index in [2.05, 4.69) is 30.7 Å². The number of hydrogen-bond donors (Lipinski definition) is 0. The molecule has 0 amide bonds. The van der Waals surface area contributed by atoms with Crippen molar-refractivity contribution in [3.63, 3.8) is 0 Å². The average molecular weight is 240 g/mol. The molecule has 0 heterocycles. The molecule has 3 nitrogen and oxygen atoms in total. The number of hydrogen-bond acceptors (Lipinski definition) is 3. The number of allylic oxidation sites excluding steroid dienone is 3. The summed E-state index contributed by atoms with van der Waals surface area (Å²) in [7, 11) is 0. The quantitative estimate of drug-likeness (QED) is 0.473. The van der Waals surface area contributed by atoms with Crippen LogP contribution in [0.25, 0.3) is 0 Å². The van der Waals surface area contributed by atoms with Crippen molar-refractivity contribution in [2.45, 2.75) is 40.0 Å². The molecule has 0 aliphatic heterocycles. The lowest BCUT2D eigenvalue weighted by Gasteiger charge is -2.01. The van der Waals surface area contributed by atoms with Crippen molar-refractivity contribution in [3.8, 4) is 0 Å². The summed E-state index contributed by atoms with van der Waals surface area (Å²) in [4.78, 5) is 10.8. The fraction of sp³-hybridized carbons (Fsp3) is 0.643. The maximum atomic E-state index is 10.8. The predicted octanol–water partition coefficient (Wildman–Crippen LogP) is 4.10. The molecule has 0 aliphatic carbocycles. The molecule has 0 aromatic carbocycles. The molecule has 1 unspecified atom stereocenters. The summed E-state index contributed by atoms with van der Waals surface area (Å²) in [6.45, 7) is 6.78. The summed E-state index contributed by atoms with van der Waals surface area (Å²) in [5, 5.41) is 0. The normalized spacial score (nSPS) is 13.1. The first-order valence-corrected chi connectivity index (χ1v) is 6.31. The monoisotopic (exact) mass is 240 g/mol. The lowest BCUT2D eigenvalue weighted by Crippen LogP contribution is -2.06. The van der Waals surface area contributed by atoms with Crippen LogP contribution in [0.5, 0.6) is 0 Å². The zero-order chi connectivity index (χ0) is 12.9. The van der Waals surface area contributed by atoms with Crippen LogP contribution in [0.4, 0.5) is 4.79 Å². The molecular weight excluding hydrogens is 216 g/mol. The van der Waals surface area contributed by atoms with Crippen molar-refractivity contribution in [1.29, 1.82) is 0 Å². The Hall–Kier alpha value is -1.25. The second-order valence-corrected chi connectivity index (χ2v) is 3.90. The van der Waals surface area contributed by atoms with Gasteiger partial charge in [-0.25, -0.2) is 4.79 Å². The Morgan fingerprint density at radius 3 is 2.59 bits per heavy atom. The van der Waals surface area contributed by atoms with Crippen LogP contribution >= 0.6 is 0 Å². The van der Waals surface area contributed by atoms with E-state index in [1.165, 1.54) is 12.8 Å². The number of rotatable bonds is 8. The molecule has 0 bridgehead atoms. The maximum absolute atomic E-state index is 10.8. The molecule has 0 spiro atoms. The summed E-state index contributed by atoms with van der Waals surface area (Å²) in [5.74, 6) is 0.643.